The summed E-state index contributed by atoms with van der Waals surface area (Å²) < 4.78 is 6.96. The maximum absolute atomic E-state index is 9.12. The molecule has 0 fully saturated rings. The van der Waals surface area contributed by atoms with Crippen LogP contribution in [0.5, 0.6) is 0 Å². The van der Waals surface area contributed by atoms with Crippen LogP contribution in [0.1, 0.15) is 24.5 Å². The molecule has 1 N–H and O–H groups in total. The molecule has 0 bridgehead atoms. The van der Waals surface area contributed by atoms with E-state index in [1.54, 1.807) is 7.11 Å². The van der Waals surface area contributed by atoms with Crippen molar-refractivity contribution >= 4 is 0 Å². The third-order valence-electron chi connectivity index (χ3n) is 3.01. The molecule has 1 aliphatic rings. The highest BCUT2D eigenvalue weighted by Gasteiger charge is 2.20. The standard InChI is InChI=1S/C11H19N3O2/c1-16-6-2-3-10-12-11-5-4-9(8-15)7-14(11)13-10/h9,15H,2-8H2,1H3. The number of hydrogen-bond acceptors (Lipinski definition) is 4. The highest BCUT2D eigenvalue weighted by Crippen LogP contribution is 2.18. The fourth-order valence-electron chi connectivity index (χ4n) is 2.06. The zero-order chi connectivity index (χ0) is 11.4. The summed E-state index contributed by atoms with van der Waals surface area (Å²) in [6.45, 7) is 1.81. The van der Waals surface area contributed by atoms with Gasteiger partial charge in [0.1, 0.15) is 5.82 Å². The van der Waals surface area contributed by atoms with Gasteiger partial charge in [0.2, 0.25) is 0 Å². The maximum Gasteiger partial charge on any atom is 0.151 e. The number of aryl methyl sites for hydroxylation is 2. The molecule has 0 saturated heterocycles. The molecule has 1 aromatic rings. The minimum Gasteiger partial charge on any atom is -0.396 e. The van der Waals surface area contributed by atoms with E-state index < -0.39 is 0 Å². The van der Waals surface area contributed by atoms with E-state index in [2.05, 4.69) is 10.1 Å². The number of fused-ring (bicyclic) bond motifs is 1. The summed E-state index contributed by atoms with van der Waals surface area (Å²) in [5.74, 6) is 2.32. The van der Waals surface area contributed by atoms with Crippen molar-refractivity contribution in [3.05, 3.63) is 11.6 Å². The van der Waals surface area contributed by atoms with Crippen molar-refractivity contribution < 1.29 is 9.84 Å². The number of aliphatic hydroxyl groups excluding tert-OH is 1. The summed E-state index contributed by atoms with van der Waals surface area (Å²) in [5, 5.41) is 13.6. The van der Waals surface area contributed by atoms with Gasteiger partial charge in [0, 0.05) is 45.6 Å². The van der Waals surface area contributed by atoms with Gasteiger partial charge in [-0.15, -0.1) is 0 Å². The normalized spacial score (nSPS) is 19.8. The molecule has 2 heterocycles. The SMILES string of the molecule is COCCCc1nc2n(n1)CC(CO)CC2. The quantitative estimate of drug-likeness (QED) is 0.737. The Bertz CT molecular complexity index is 338. The molecule has 0 amide bonds. The monoisotopic (exact) mass is 225 g/mol. The number of hydrogen-bond donors (Lipinski definition) is 1. The third-order valence-corrected chi connectivity index (χ3v) is 3.01. The molecule has 0 saturated carbocycles. The molecule has 0 spiro atoms. The van der Waals surface area contributed by atoms with Crippen molar-refractivity contribution in [1.82, 2.24) is 14.8 Å². The first kappa shape index (κ1) is 11.5. The van der Waals surface area contributed by atoms with Gasteiger partial charge < -0.3 is 9.84 Å². The van der Waals surface area contributed by atoms with Gasteiger partial charge in [-0.05, 0) is 12.8 Å². The lowest BCUT2D eigenvalue weighted by atomic mass is 10.0. The zero-order valence-corrected chi connectivity index (χ0v) is 9.72. The first-order valence-electron chi connectivity index (χ1n) is 5.86. The second-order valence-electron chi connectivity index (χ2n) is 4.31. The van der Waals surface area contributed by atoms with Crippen molar-refractivity contribution in [2.24, 2.45) is 5.92 Å². The number of aliphatic hydroxyl groups is 1. The van der Waals surface area contributed by atoms with E-state index in [0.29, 0.717) is 5.92 Å². The Morgan fingerprint density at radius 3 is 3.19 bits per heavy atom. The Balaban J connectivity index is 1.95. The molecular formula is C11H19N3O2. The van der Waals surface area contributed by atoms with Crippen molar-refractivity contribution in [3.63, 3.8) is 0 Å². The smallest absolute Gasteiger partial charge is 0.151 e. The number of rotatable bonds is 5. The molecule has 0 radical (unpaired) electrons. The summed E-state index contributed by atoms with van der Waals surface area (Å²) in [4.78, 5) is 4.51. The minimum absolute atomic E-state index is 0.248. The molecule has 5 heteroatoms. The Hall–Kier alpha value is -0.940. The predicted molar refractivity (Wildman–Crippen MR) is 59.1 cm³/mol. The summed E-state index contributed by atoms with van der Waals surface area (Å²) >= 11 is 0. The number of ether oxygens (including phenoxy) is 1. The topological polar surface area (TPSA) is 60.2 Å². The van der Waals surface area contributed by atoms with E-state index in [-0.39, 0.29) is 6.61 Å². The van der Waals surface area contributed by atoms with Crippen LogP contribution in [-0.2, 0) is 24.1 Å². The first-order chi connectivity index (χ1) is 7.83. The minimum atomic E-state index is 0.248. The fraction of sp³-hybridized carbons (Fsp3) is 0.818. The Kier molecular flexibility index (Phi) is 3.90. The Morgan fingerprint density at radius 2 is 2.44 bits per heavy atom. The summed E-state index contributed by atoms with van der Waals surface area (Å²) in [6.07, 6.45) is 3.79. The van der Waals surface area contributed by atoms with Crippen LogP contribution in [0.2, 0.25) is 0 Å². The van der Waals surface area contributed by atoms with E-state index in [4.69, 9.17) is 9.84 Å². The summed E-state index contributed by atoms with van der Waals surface area (Å²) in [5.41, 5.74) is 0. The highest BCUT2D eigenvalue weighted by atomic mass is 16.5. The number of nitrogens with zero attached hydrogens (tertiary/aromatic N) is 3. The van der Waals surface area contributed by atoms with Crippen LogP contribution in [0.15, 0.2) is 0 Å². The number of methoxy groups -OCH3 is 1. The highest BCUT2D eigenvalue weighted by molar-refractivity contribution is 4.97. The first-order valence-corrected chi connectivity index (χ1v) is 5.86. The molecule has 1 aliphatic heterocycles. The summed E-state index contributed by atoms with van der Waals surface area (Å²) in [6, 6.07) is 0. The fourth-order valence-corrected chi connectivity index (χ4v) is 2.06. The van der Waals surface area contributed by atoms with Crippen LogP contribution in [0.4, 0.5) is 0 Å². The van der Waals surface area contributed by atoms with Crippen molar-refractivity contribution in [2.75, 3.05) is 20.3 Å². The lowest BCUT2D eigenvalue weighted by molar-refractivity contribution is 0.185. The zero-order valence-electron chi connectivity index (χ0n) is 9.72. The molecule has 5 nitrogen and oxygen atoms in total. The van der Waals surface area contributed by atoms with Crippen LogP contribution in [0.25, 0.3) is 0 Å². The van der Waals surface area contributed by atoms with Crippen LogP contribution in [0.3, 0.4) is 0 Å². The van der Waals surface area contributed by atoms with Crippen LogP contribution < -0.4 is 0 Å². The molecule has 2 rings (SSSR count). The van der Waals surface area contributed by atoms with E-state index in [1.165, 1.54) is 0 Å². The van der Waals surface area contributed by atoms with Gasteiger partial charge in [-0.1, -0.05) is 0 Å². The molecule has 16 heavy (non-hydrogen) atoms. The molecule has 1 aromatic heterocycles. The van der Waals surface area contributed by atoms with Gasteiger partial charge in [-0.25, -0.2) is 9.67 Å². The van der Waals surface area contributed by atoms with Crippen LogP contribution in [0, 0.1) is 5.92 Å². The molecule has 0 aromatic carbocycles. The molecule has 1 unspecified atom stereocenters. The molecular weight excluding hydrogens is 206 g/mol. The van der Waals surface area contributed by atoms with E-state index in [1.807, 2.05) is 4.68 Å². The third kappa shape index (κ3) is 2.59. The van der Waals surface area contributed by atoms with Gasteiger partial charge in [0.15, 0.2) is 5.82 Å². The van der Waals surface area contributed by atoms with Crippen molar-refractivity contribution in [2.45, 2.75) is 32.2 Å². The Morgan fingerprint density at radius 1 is 1.56 bits per heavy atom. The second kappa shape index (κ2) is 5.41. The number of aromatic nitrogens is 3. The lowest BCUT2D eigenvalue weighted by Crippen LogP contribution is -2.23. The van der Waals surface area contributed by atoms with E-state index in [9.17, 15) is 0 Å². The molecule has 1 atom stereocenters. The van der Waals surface area contributed by atoms with E-state index >= 15 is 0 Å². The molecule has 90 valence electrons. The van der Waals surface area contributed by atoms with Gasteiger partial charge in [0.05, 0.1) is 0 Å². The lowest BCUT2D eigenvalue weighted by Gasteiger charge is -2.19. The van der Waals surface area contributed by atoms with Gasteiger partial charge in [0.25, 0.3) is 0 Å². The molecule has 0 aliphatic carbocycles. The van der Waals surface area contributed by atoms with Crippen molar-refractivity contribution in [1.29, 1.82) is 0 Å². The largest absolute Gasteiger partial charge is 0.396 e. The maximum atomic E-state index is 9.12. The Labute approximate surface area is 95.4 Å². The van der Waals surface area contributed by atoms with Crippen molar-refractivity contribution in [3.8, 4) is 0 Å². The summed E-state index contributed by atoms with van der Waals surface area (Å²) in [7, 11) is 1.71. The van der Waals surface area contributed by atoms with Crippen LogP contribution in [-0.4, -0.2) is 40.2 Å². The van der Waals surface area contributed by atoms with Gasteiger partial charge in [-0.3, -0.25) is 0 Å². The average molecular weight is 225 g/mol. The second-order valence-corrected chi connectivity index (χ2v) is 4.31. The van der Waals surface area contributed by atoms with Gasteiger partial charge >= 0.3 is 0 Å². The van der Waals surface area contributed by atoms with Crippen LogP contribution >= 0.6 is 0 Å². The van der Waals surface area contributed by atoms with Gasteiger partial charge in [-0.2, -0.15) is 5.10 Å². The predicted octanol–water partition coefficient (Wildman–Crippen LogP) is 0.412. The van der Waals surface area contributed by atoms with E-state index in [0.717, 1.165) is 50.5 Å². The average Bonchev–Trinajstić information content (AvgIpc) is 2.70.